The fourth-order valence-corrected chi connectivity index (χ4v) is 3.38. The molecule has 4 N–H and O–H groups in total. The molecule has 3 rings (SSSR count). The molecule has 1 unspecified atom stereocenters. The van der Waals surface area contributed by atoms with Gasteiger partial charge >= 0.3 is 5.97 Å². The fraction of sp³-hybridized carbons (Fsp3) is 0.263. The molecule has 0 saturated carbocycles. The molecule has 2 aromatic heterocycles. The summed E-state index contributed by atoms with van der Waals surface area (Å²) in [6.45, 7) is 3.09. The van der Waals surface area contributed by atoms with Crippen LogP contribution in [0.5, 0.6) is 0 Å². The van der Waals surface area contributed by atoms with Gasteiger partial charge in [-0.3, -0.25) is 19.7 Å². The van der Waals surface area contributed by atoms with Crippen LogP contribution in [-0.2, 0) is 4.79 Å². The summed E-state index contributed by atoms with van der Waals surface area (Å²) in [5.74, 6) is -1.64. The number of carboxylic acid groups (broad SMARTS) is 1. The van der Waals surface area contributed by atoms with Crippen LogP contribution >= 0.6 is 15.9 Å². The molecule has 0 saturated heterocycles. The standard InChI is InChI=1S/C19H20BrN7O4/c1-9-14(17(30)11-5-4-6-12(20)7-11)16(19(31)21-3)23-15(9)18-24-26-27(25-18)10(2)22-8-13(28)29/h4-7,10,22-23H,8H2,1-3H3,(H,21,31)(H,28,29). The minimum atomic E-state index is -1.02. The summed E-state index contributed by atoms with van der Waals surface area (Å²) < 4.78 is 0.737. The molecular weight excluding hydrogens is 470 g/mol. The number of aromatic amines is 1. The van der Waals surface area contributed by atoms with Crippen molar-refractivity contribution in [3.05, 3.63) is 51.1 Å². The second kappa shape index (κ2) is 9.18. The Labute approximate surface area is 185 Å². The number of carbonyl (C=O) groups excluding carboxylic acids is 2. The van der Waals surface area contributed by atoms with Crippen LogP contribution in [0.25, 0.3) is 11.5 Å². The van der Waals surface area contributed by atoms with Crippen molar-refractivity contribution in [2.24, 2.45) is 0 Å². The molecule has 0 aliphatic carbocycles. The number of aliphatic carboxylic acids is 1. The molecule has 1 aromatic carbocycles. The number of hydrogen-bond acceptors (Lipinski definition) is 7. The number of tetrazole rings is 1. The van der Waals surface area contributed by atoms with Gasteiger partial charge in [0.1, 0.15) is 11.9 Å². The van der Waals surface area contributed by atoms with E-state index in [1.165, 1.54) is 11.8 Å². The minimum Gasteiger partial charge on any atom is -0.480 e. The van der Waals surface area contributed by atoms with Gasteiger partial charge in [-0.05, 0) is 36.8 Å². The number of ketones is 1. The van der Waals surface area contributed by atoms with E-state index in [4.69, 9.17) is 5.11 Å². The monoisotopic (exact) mass is 489 g/mol. The molecule has 162 valence electrons. The highest BCUT2D eigenvalue weighted by atomic mass is 79.9. The van der Waals surface area contributed by atoms with Gasteiger partial charge in [0.05, 0.1) is 17.8 Å². The molecule has 0 aliphatic heterocycles. The Hall–Kier alpha value is -3.38. The van der Waals surface area contributed by atoms with Crippen molar-refractivity contribution in [2.75, 3.05) is 13.6 Å². The number of halogens is 1. The first-order chi connectivity index (χ1) is 14.7. The average Bonchev–Trinajstić information content (AvgIpc) is 3.35. The van der Waals surface area contributed by atoms with E-state index >= 15 is 0 Å². The normalized spacial score (nSPS) is 11.9. The lowest BCUT2D eigenvalue weighted by Gasteiger charge is -2.09. The number of carboxylic acids is 1. The highest BCUT2D eigenvalue weighted by molar-refractivity contribution is 9.10. The number of H-pyrrole nitrogens is 1. The SMILES string of the molecule is CNC(=O)c1[nH]c(-c2nnn(C(C)NCC(=O)O)n2)c(C)c1C(=O)c1cccc(Br)c1. The van der Waals surface area contributed by atoms with Crippen LogP contribution < -0.4 is 10.6 Å². The van der Waals surface area contributed by atoms with Crippen LogP contribution in [0.1, 0.15) is 45.1 Å². The van der Waals surface area contributed by atoms with Crippen LogP contribution in [-0.4, -0.2) is 61.5 Å². The number of carbonyl (C=O) groups is 3. The molecule has 2 heterocycles. The summed E-state index contributed by atoms with van der Waals surface area (Å²) in [5.41, 5.74) is 1.58. The third kappa shape index (κ3) is 4.70. The van der Waals surface area contributed by atoms with E-state index in [1.807, 2.05) is 0 Å². The maximum absolute atomic E-state index is 13.2. The predicted octanol–water partition coefficient (Wildman–Crippen LogP) is 1.52. The number of amides is 1. The second-order valence-corrected chi connectivity index (χ2v) is 7.59. The van der Waals surface area contributed by atoms with Gasteiger partial charge in [-0.15, -0.1) is 15.0 Å². The van der Waals surface area contributed by atoms with Crippen molar-refractivity contribution in [1.29, 1.82) is 0 Å². The average molecular weight is 490 g/mol. The Bertz CT molecular complexity index is 1150. The van der Waals surface area contributed by atoms with Crippen LogP contribution in [0.4, 0.5) is 0 Å². The Morgan fingerprint density at radius 2 is 2.06 bits per heavy atom. The van der Waals surface area contributed by atoms with Crippen LogP contribution in [0.15, 0.2) is 28.7 Å². The molecule has 11 nitrogen and oxygen atoms in total. The van der Waals surface area contributed by atoms with Crippen LogP contribution in [0, 0.1) is 6.92 Å². The molecule has 1 amide bonds. The van der Waals surface area contributed by atoms with E-state index in [9.17, 15) is 14.4 Å². The van der Waals surface area contributed by atoms with Crippen molar-refractivity contribution in [1.82, 2.24) is 35.8 Å². The third-order valence-corrected chi connectivity index (χ3v) is 5.06. The largest absolute Gasteiger partial charge is 0.480 e. The highest BCUT2D eigenvalue weighted by Gasteiger charge is 2.27. The molecule has 12 heteroatoms. The van der Waals surface area contributed by atoms with Gasteiger partial charge in [0.25, 0.3) is 5.91 Å². The maximum Gasteiger partial charge on any atom is 0.317 e. The summed E-state index contributed by atoms with van der Waals surface area (Å²) >= 11 is 3.35. The van der Waals surface area contributed by atoms with Crippen molar-refractivity contribution >= 4 is 33.6 Å². The first-order valence-electron chi connectivity index (χ1n) is 9.22. The molecule has 1 atom stereocenters. The summed E-state index contributed by atoms with van der Waals surface area (Å²) in [5, 5.41) is 26.2. The van der Waals surface area contributed by atoms with Gasteiger partial charge in [-0.25, -0.2) is 0 Å². The van der Waals surface area contributed by atoms with Gasteiger partial charge in [0.15, 0.2) is 5.78 Å². The lowest BCUT2D eigenvalue weighted by Crippen LogP contribution is -2.30. The van der Waals surface area contributed by atoms with Gasteiger partial charge in [-0.2, -0.15) is 0 Å². The van der Waals surface area contributed by atoms with E-state index in [1.54, 1.807) is 38.1 Å². The molecular formula is C19H20BrN7O4. The van der Waals surface area contributed by atoms with Crippen molar-refractivity contribution < 1.29 is 19.5 Å². The first kappa shape index (κ1) is 22.3. The molecule has 0 aliphatic rings. The summed E-state index contributed by atoms with van der Waals surface area (Å²) in [4.78, 5) is 40.6. The van der Waals surface area contributed by atoms with Crippen molar-refractivity contribution in [3.63, 3.8) is 0 Å². The molecule has 0 radical (unpaired) electrons. The molecule has 0 spiro atoms. The van der Waals surface area contributed by atoms with Crippen molar-refractivity contribution in [3.8, 4) is 11.5 Å². The molecule has 0 fully saturated rings. The number of aromatic nitrogens is 5. The van der Waals surface area contributed by atoms with Gasteiger partial charge < -0.3 is 15.4 Å². The zero-order valence-electron chi connectivity index (χ0n) is 16.9. The smallest absolute Gasteiger partial charge is 0.317 e. The number of nitrogens with zero attached hydrogens (tertiary/aromatic N) is 4. The number of nitrogens with one attached hydrogen (secondary N) is 3. The number of hydrogen-bond donors (Lipinski definition) is 4. The van der Waals surface area contributed by atoms with Gasteiger partial charge in [-0.1, -0.05) is 28.1 Å². The Morgan fingerprint density at radius 1 is 1.32 bits per heavy atom. The van der Waals surface area contributed by atoms with Crippen LogP contribution in [0.2, 0.25) is 0 Å². The van der Waals surface area contributed by atoms with Gasteiger partial charge in [0, 0.05) is 17.1 Å². The topological polar surface area (TPSA) is 155 Å². The van der Waals surface area contributed by atoms with Crippen molar-refractivity contribution in [2.45, 2.75) is 20.0 Å². The zero-order valence-corrected chi connectivity index (χ0v) is 18.5. The summed E-state index contributed by atoms with van der Waals surface area (Å²) in [7, 11) is 1.47. The maximum atomic E-state index is 13.2. The van der Waals surface area contributed by atoms with E-state index in [2.05, 4.69) is 47.0 Å². The molecule has 3 aromatic rings. The highest BCUT2D eigenvalue weighted by Crippen LogP contribution is 2.28. The lowest BCUT2D eigenvalue weighted by atomic mass is 9.99. The summed E-state index contributed by atoms with van der Waals surface area (Å²) in [6.07, 6.45) is -0.534. The quantitative estimate of drug-likeness (QED) is 0.347. The Morgan fingerprint density at radius 3 is 2.71 bits per heavy atom. The number of benzene rings is 1. The lowest BCUT2D eigenvalue weighted by molar-refractivity contribution is -0.136. The minimum absolute atomic E-state index is 0.0911. The van der Waals surface area contributed by atoms with E-state index in [0.29, 0.717) is 16.8 Å². The summed E-state index contributed by atoms with van der Waals surface area (Å²) in [6, 6.07) is 6.87. The fourth-order valence-electron chi connectivity index (χ4n) is 2.98. The zero-order chi connectivity index (χ0) is 22.7. The third-order valence-electron chi connectivity index (χ3n) is 4.56. The predicted molar refractivity (Wildman–Crippen MR) is 114 cm³/mol. The van der Waals surface area contributed by atoms with E-state index in [0.717, 1.165) is 4.47 Å². The first-order valence-corrected chi connectivity index (χ1v) is 10.0. The Balaban J connectivity index is 2.02. The van der Waals surface area contributed by atoms with E-state index < -0.39 is 18.0 Å². The number of rotatable bonds is 8. The second-order valence-electron chi connectivity index (χ2n) is 6.68. The Kier molecular flexibility index (Phi) is 6.61. The molecule has 31 heavy (non-hydrogen) atoms. The van der Waals surface area contributed by atoms with E-state index in [-0.39, 0.29) is 29.4 Å². The van der Waals surface area contributed by atoms with Gasteiger partial charge in [0.2, 0.25) is 5.82 Å². The molecule has 0 bridgehead atoms. The van der Waals surface area contributed by atoms with Crippen LogP contribution in [0.3, 0.4) is 0 Å².